The first-order valence-electron chi connectivity index (χ1n) is 11.5. The average Bonchev–Trinajstić information content (AvgIpc) is 3.52. The molecule has 1 atom stereocenters. The van der Waals surface area contributed by atoms with E-state index in [1.165, 1.54) is 0 Å². The van der Waals surface area contributed by atoms with Crippen LogP contribution >= 0.6 is 11.8 Å². The van der Waals surface area contributed by atoms with Crippen molar-refractivity contribution in [3.8, 4) is 28.4 Å². The molecule has 6 nitrogen and oxygen atoms in total. The predicted octanol–water partition coefficient (Wildman–Crippen LogP) is 5.37. The highest BCUT2D eigenvalue weighted by molar-refractivity contribution is 8.00. The zero-order valence-electron chi connectivity index (χ0n) is 19.8. The first-order valence-corrected chi connectivity index (χ1v) is 12.5. The summed E-state index contributed by atoms with van der Waals surface area (Å²) in [5.41, 5.74) is 5.06. The fourth-order valence-electron chi connectivity index (χ4n) is 4.34. The van der Waals surface area contributed by atoms with Crippen LogP contribution < -0.4 is 9.47 Å². The minimum Gasteiger partial charge on any atom is -0.493 e. The standard InChI is InChI=1S/C28H27N3O3S/c1-33-24-14-13-20(17-25(24)34-2)15-16-30-26(32)19-35-28(30)23-18-31(22-11-7-4-8-12-22)29-27(23)21-9-5-3-6-10-21/h3-14,17-18,28H,15-16,19H2,1-2H3. The summed E-state index contributed by atoms with van der Waals surface area (Å²) in [5, 5.41) is 4.85. The second-order valence-corrected chi connectivity index (χ2v) is 9.34. The van der Waals surface area contributed by atoms with Gasteiger partial charge in [0, 0.05) is 23.9 Å². The smallest absolute Gasteiger partial charge is 0.233 e. The number of para-hydroxylation sites is 1. The SMILES string of the molecule is COc1ccc(CCN2C(=O)CSC2c2cn(-c3ccccc3)nc2-c2ccccc2)cc1OC. The molecule has 1 aromatic heterocycles. The Bertz CT molecular complexity index is 1310. The number of carbonyl (C=O) groups is 1. The molecule has 0 N–H and O–H groups in total. The maximum absolute atomic E-state index is 13.0. The van der Waals surface area contributed by atoms with Crippen molar-refractivity contribution < 1.29 is 14.3 Å². The van der Waals surface area contributed by atoms with Gasteiger partial charge in [0.1, 0.15) is 5.37 Å². The van der Waals surface area contributed by atoms with Crippen LogP contribution in [0, 0.1) is 0 Å². The van der Waals surface area contributed by atoms with Crippen LogP contribution in [-0.4, -0.2) is 47.1 Å². The number of hydrogen-bond acceptors (Lipinski definition) is 5. The second kappa shape index (κ2) is 10.3. The highest BCUT2D eigenvalue weighted by Crippen LogP contribution is 2.43. The summed E-state index contributed by atoms with van der Waals surface area (Å²) in [5.74, 6) is 2.00. The van der Waals surface area contributed by atoms with Crippen molar-refractivity contribution in [3.05, 3.63) is 96.2 Å². The highest BCUT2D eigenvalue weighted by Gasteiger charge is 2.35. The molecule has 5 rings (SSSR count). The van der Waals surface area contributed by atoms with Gasteiger partial charge in [-0.1, -0.05) is 54.6 Å². The van der Waals surface area contributed by atoms with E-state index in [1.807, 2.05) is 76.3 Å². The molecule has 1 fully saturated rings. The lowest BCUT2D eigenvalue weighted by molar-refractivity contribution is -0.128. The number of carbonyl (C=O) groups excluding carboxylic acids is 1. The Balaban J connectivity index is 1.46. The maximum atomic E-state index is 13.0. The third kappa shape index (κ3) is 4.77. The topological polar surface area (TPSA) is 56.6 Å². The Kier molecular flexibility index (Phi) is 6.77. The van der Waals surface area contributed by atoms with Crippen molar-refractivity contribution in [1.29, 1.82) is 0 Å². The van der Waals surface area contributed by atoms with E-state index in [0.29, 0.717) is 23.8 Å². The molecule has 3 aromatic carbocycles. The Labute approximate surface area is 209 Å². The largest absolute Gasteiger partial charge is 0.493 e. The molecule has 1 saturated heterocycles. The summed E-state index contributed by atoms with van der Waals surface area (Å²) in [6, 6.07) is 26.1. The number of thioether (sulfide) groups is 1. The number of ether oxygens (including phenoxy) is 2. The summed E-state index contributed by atoms with van der Waals surface area (Å²) >= 11 is 1.66. The van der Waals surface area contributed by atoms with E-state index < -0.39 is 0 Å². The summed E-state index contributed by atoms with van der Waals surface area (Å²) < 4.78 is 12.7. The van der Waals surface area contributed by atoms with E-state index in [4.69, 9.17) is 14.6 Å². The molecule has 1 unspecified atom stereocenters. The Morgan fingerprint density at radius 2 is 1.66 bits per heavy atom. The van der Waals surface area contributed by atoms with Crippen LogP contribution in [-0.2, 0) is 11.2 Å². The molecule has 35 heavy (non-hydrogen) atoms. The zero-order chi connectivity index (χ0) is 24.2. The molecule has 2 heterocycles. The molecule has 0 aliphatic carbocycles. The number of aromatic nitrogens is 2. The molecule has 0 saturated carbocycles. The number of hydrogen-bond donors (Lipinski definition) is 0. The van der Waals surface area contributed by atoms with Crippen LogP contribution in [0.1, 0.15) is 16.5 Å². The van der Waals surface area contributed by atoms with E-state index in [1.54, 1.807) is 26.0 Å². The third-order valence-electron chi connectivity index (χ3n) is 6.13. The number of amides is 1. The van der Waals surface area contributed by atoms with Crippen LogP contribution in [0.25, 0.3) is 16.9 Å². The quantitative estimate of drug-likeness (QED) is 0.336. The number of rotatable bonds is 8. The van der Waals surface area contributed by atoms with Gasteiger partial charge in [-0.2, -0.15) is 5.10 Å². The van der Waals surface area contributed by atoms with E-state index in [9.17, 15) is 4.79 Å². The molecule has 7 heteroatoms. The molecular weight excluding hydrogens is 458 g/mol. The Morgan fingerprint density at radius 3 is 2.37 bits per heavy atom. The van der Waals surface area contributed by atoms with Gasteiger partial charge in [0.25, 0.3) is 0 Å². The van der Waals surface area contributed by atoms with E-state index in [-0.39, 0.29) is 11.3 Å². The molecular formula is C28H27N3O3S. The van der Waals surface area contributed by atoms with E-state index >= 15 is 0 Å². The van der Waals surface area contributed by atoms with Crippen LogP contribution in [0.5, 0.6) is 11.5 Å². The van der Waals surface area contributed by atoms with Crippen molar-refractivity contribution in [2.75, 3.05) is 26.5 Å². The number of methoxy groups -OCH3 is 2. The van der Waals surface area contributed by atoms with Gasteiger partial charge < -0.3 is 14.4 Å². The molecule has 0 radical (unpaired) electrons. The zero-order valence-corrected chi connectivity index (χ0v) is 20.6. The van der Waals surface area contributed by atoms with Gasteiger partial charge in [-0.3, -0.25) is 4.79 Å². The molecule has 178 valence electrons. The van der Waals surface area contributed by atoms with Gasteiger partial charge in [-0.25, -0.2) is 4.68 Å². The normalized spacial score (nSPS) is 15.4. The van der Waals surface area contributed by atoms with Crippen molar-refractivity contribution >= 4 is 17.7 Å². The molecule has 0 bridgehead atoms. The summed E-state index contributed by atoms with van der Waals surface area (Å²) in [7, 11) is 3.26. The van der Waals surface area contributed by atoms with Crippen LogP contribution in [0.15, 0.2) is 85.1 Å². The Morgan fingerprint density at radius 1 is 0.943 bits per heavy atom. The van der Waals surface area contributed by atoms with Crippen molar-refractivity contribution in [1.82, 2.24) is 14.7 Å². The van der Waals surface area contributed by atoms with Crippen LogP contribution in [0.4, 0.5) is 0 Å². The lowest BCUT2D eigenvalue weighted by Crippen LogP contribution is -2.30. The van der Waals surface area contributed by atoms with Gasteiger partial charge in [0.15, 0.2) is 11.5 Å². The molecule has 0 spiro atoms. The highest BCUT2D eigenvalue weighted by atomic mass is 32.2. The Hall–Kier alpha value is -3.71. The average molecular weight is 486 g/mol. The fourth-order valence-corrected chi connectivity index (χ4v) is 5.56. The predicted molar refractivity (Wildman–Crippen MR) is 139 cm³/mol. The van der Waals surface area contributed by atoms with Crippen LogP contribution in [0.2, 0.25) is 0 Å². The third-order valence-corrected chi connectivity index (χ3v) is 7.37. The van der Waals surface area contributed by atoms with Gasteiger partial charge in [0.2, 0.25) is 5.91 Å². The lowest BCUT2D eigenvalue weighted by Gasteiger charge is -2.24. The summed E-state index contributed by atoms with van der Waals surface area (Å²) in [6.45, 7) is 0.608. The minimum absolute atomic E-state index is 0.102. The van der Waals surface area contributed by atoms with Gasteiger partial charge in [-0.05, 0) is 36.2 Å². The molecule has 1 aliphatic heterocycles. The second-order valence-electron chi connectivity index (χ2n) is 8.27. The summed E-state index contributed by atoms with van der Waals surface area (Å²) in [6.07, 6.45) is 2.79. The number of nitrogens with zero attached hydrogens (tertiary/aromatic N) is 3. The van der Waals surface area contributed by atoms with Gasteiger partial charge >= 0.3 is 0 Å². The first kappa shape index (κ1) is 23.1. The maximum Gasteiger partial charge on any atom is 0.233 e. The van der Waals surface area contributed by atoms with E-state index in [2.05, 4.69) is 18.3 Å². The van der Waals surface area contributed by atoms with Crippen molar-refractivity contribution in [2.24, 2.45) is 0 Å². The van der Waals surface area contributed by atoms with Crippen molar-refractivity contribution in [2.45, 2.75) is 11.8 Å². The molecule has 1 aliphatic rings. The van der Waals surface area contributed by atoms with Crippen LogP contribution in [0.3, 0.4) is 0 Å². The number of benzene rings is 3. The fraction of sp³-hybridized carbons (Fsp3) is 0.214. The van der Waals surface area contributed by atoms with Gasteiger partial charge in [0.05, 0.1) is 31.4 Å². The first-order chi connectivity index (χ1) is 17.2. The minimum atomic E-state index is -0.102. The summed E-state index contributed by atoms with van der Waals surface area (Å²) in [4.78, 5) is 14.9. The molecule has 1 amide bonds. The van der Waals surface area contributed by atoms with E-state index in [0.717, 1.165) is 34.5 Å². The lowest BCUT2D eigenvalue weighted by atomic mass is 10.1. The molecule has 4 aromatic rings. The van der Waals surface area contributed by atoms with Crippen molar-refractivity contribution in [3.63, 3.8) is 0 Å². The monoisotopic (exact) mass is 485 g/mol. The van der Waals surface area contributed by atoms with Gasteiger partial charge in [-0.15, -0.1) is 11.8 Å².